The number of nitrogens with zero attached hydrogens (tertiary/aromatic N) is 3. The Bertz CT molecular complexity index is 826. The first-order valence-corrected chi connectivity index (χ1v) is 8.10. The average molecular weight is 294 g/mol. The van der Waals surface area contributed by atoms with E-state index in [4.69, 9.17) is 0 Å². The predicted octanol–water partition coefficient (Wildman–Crippen LogP) is 3.90. The van der Waals surface area contributed by atoms with Gasteiger partial charge in [0.25, 0.3) is 0 Å². The molecule has 1 aromatic carbocycles. The van der Waals surface area contributed by atoms with Crippen molar-refractivity contribution >= 4 is 27.8 Å². The summed E-state index contributed by atoms with van der Waals surface area (Å²) in [7, 11) is 0. The second kappa shape index (κ2) is 4.97. The van der Waals surface area contributed by atoms with Crippen molar-refractivity contribution in [3.8, 4) is 0 Å². The standard InChI is InChI=1S/C18H22N4/c1-11-4-5-15-14(7-11)16-17(21-15)18(20-10-19-16)22-8-12(2)6-13(3)9-22/h4-5,7,10,12-13,21H,6,8-9H2,1-3H3/t12-,13-/m0/s1. The molecule has 2 aromatic heterocycles. The van der Waals surface area contributed by atoms with Gasteiger partial charge in [0.1, 0.15) is 17.4 Å². The first-order chi connectivity index (χ1) is 10.6. The lowest BCUT2D eigenvalue weighted by atomic mass is 9.92. The molecule has 0 spiro atoms. The molecule has 0 aliphatic carbocycles. The van der Waals surface area contributed by atoms with Crippen LogP contribution >= 0.6 is 0 Å². The summed E-state index contributed by atoms with van der Waals surface area (Å²) in [5.41, 5.74) is 4.51. The fraction of sp³-hybridized carbons (Fsp3) is 0.444. The molecule has 22 heavy (non-hydrogen) atoms. The fourth-order valence-corrected chi connectivity index (χ4v) is 3.87. The Balaban J connectivity index is 1.89. The Morgan fingerprint density at radius 3 is 2.68 bits per heavy atom. The molecule has 1 aliphatic rings. The molecule has 4 heteroatoms. The Kier molecular flexibility index (Phi) is 3.06. The third kappa shape index (κ3) is 2.14. The van der Waals surface area contributed by atoms with Crippen LogP contribution in [-0.4, -0.2) is 28.0 Å². The predicted molar refractivity (Wildman–Crippen MR) is 91.3 cm³/mol. The van der Waals surface area contributed by atoms with E-state index >= 15 is 0 Å². The zero-order valence-corrected chi connectivity index (χ0v) is 13.4. The fourth-order valence-electron chi connectivity index (χ4n) is 3.87. The van der Waals surface area contributed by atoms with Crippen LogP contribution < -0.4 is 4.90 Å². The van der Waals surface area contributed by atoms with Crippen molar-refractivity contribution in [2.45, 2.75) is 27.2 Å². The van der Waals surface area contributed by atoms with Crippen LogP contribution in [0, 0.1) is 18.8 Å². The molecule has 0 bridgehead atoms. The number of hydrogen-bond donors (Lipinski definition) is 1. The van der Waals surface area contributed by atoms with E-state index in [9.17, 15) is 0 Å². The van der Waals surface area contributed by atoms with E-state index < -0.39 is 0 Å². The van der Waals surface area contributed by atoms with Gasteiger partial charge in [-0.25, -0.2) is 9.97 Å². The summed E-state index contributed by atoms with van der Waals surface area (Å²) in [5, 5.41) is 1.19. The van der Waals surface area contributed by atoms with Crippen molar-refractivity contribution in [2.24, 2.45) is 11.8 Å². The molecule has 1 N–H and O–H groups in total. The van der Waals surface area contributed by atoms with Gasteiger partial charge in [-0.2, -0.15) is 0 Å². The molecule has 2 atom stereocenters. The lowest BCUT2D eigenvalue weighted by Gasteiger charge is -2.35. The molecule has 3 aromatic rings. The Labute approximate surface area is 130 Å². The minimum absolute atomic E-state index is 0.709. The van der Waals surface area contributed by atoms with Gasteiger partial charge in [-0.05, 0) is 37.3 Å². The van der Waals surface area contributed by atoms with Crippen LogP contribution in [0.25, 0.3) is 21.9 Å². The van der Waals surface area contributed by atoms with Crippen LogP contribution in [0.15, 0.2) is 24.5 Å². The molecule has 0 saturated carbocycles. The van der Waals surface area contributed by atoms with Crippen LogP contribution in [0.1, 0.15) is 25.8 Å². The summed E-state index contributed by atoms with van der Waals surface area (Å²) < 4.78 is 0. The normalized spacial score (nSPS) is 22.6. The smallest absolute Gasteiger partial charge is 0.156 e. The Morgan fingerprint density at radius 1 is 1.14 bits per heavy atom. The third-order valence-corrected chi connectivity index (χ3v) is 4.69. The second-order valence-electron chi connectivity index (χ2n) is 6.95. The van der Waals surface area contributed by atoms with Crippen molar-refractivity contribution in [1.29, 1.82) is 0 Å². The van der Waals surface area contributed by atoms with Gasteiger partial charge >= 0.3 is 0 Å². The number of anilines is 1. The number of nitrogens with one attached hydrogen (secondary N) is 1. The molecule has 1 saturated heterocycles. The minimum atomic E-state index is 0.709. The van der Waals surface area contributed by atoms with Crippen molar-refractivity contribution in [3.63, 3.8) is 0 Å². The molecule has 0 unspecified atom stereocenters. The topological polar surface area (TPSA) is 44.8 Å². The molecule has 114 valence electrons. The number of fused-ring (bicyclic) bond motifs is 3. The maximum Gasteiger partial charge on any atom is 0.156 e. The van der Waals surface area contributed by atoms with Gasteiger partial charge < -0.3 is 9.88 Å². The second-order valence-corrected chi connectivity index (χ2v) is 6.95. The van der Waals surface area contributed by atoms with E-state index in [-0.39, 0.29) is 0 Å². The third-order valence-electron chi connectivity index (χ3n) is 4.69. The van der Waals surface area contributed by atoms with E-state index in [1.807, 2.05) is 0 Å². The van der Waals surface area contributed by atoms with E-state index in [0.717, 1.165) is 35.5 Å². The SMILES string of the molecule is Cc1ccc2[nH]c3c(N4C[C@@H](C)C[C@H](C)C4)ncnc3c2c1. The number of aromatic amines is 1. The summed E-state index contributed by atoms with van der Waals surface area (Å²) in [6.07, 6.45) is 3.01. The highest BCUT2D eigenvalue weighted by Gasteiger charge is 2.25. The lowest BCUT2D eigenvalue weighted by Crippen LogP contribution is -2.39. The summed E-state index contributed by atoms with van der Waals surface area (Å²) in [5.74, 6) is 2.47. The van der Waals surface area contributed by atoms with Gasteiger partial charge in [0.05, 0.1) is 0 Å². The summed E-state index contributed by atoms with van der Waals surface area (Å²) in [6.45, 7) is 8.93. The molecule has 1 aliphatic heterocycles. The van der Waals surface area contributed by atoms with E-state index in [1.54, 1.807) is 6.33 Å². The largest absolute Gasteiger partial charge is 0.354 e. The summed E-state index contributed by atoms with van der Waals surface area (Å²) >= 11 is 0. The Morgan fingerprint density at radius 2 is 1.91 bits per heavy atom. The quantitative estimate of drug-likeness (QED) is 0.740. The highest BCUT2D eigenvalue weighted by molar-refractivity contribution is 6.08. The van der Waals surface area contributed by atoms with Gasteiger partial charge in [0, 0.05) is 24.0 Å². The molecule has 0 radical (unpaired) electrons. The van der Waals surface area contributed by atoms with Crippen molar-refractivity contribution < 1.29 is 0 Å². The minimum Gasteiger partial charge on any atom is -0.354 e. The summed E-state index contributed by atoms with van der Waals surface area (Å²) in [6, 6.07) is 6.47. The Hall–Kier alpha value is -2.10. The van der Waals surface area contributed by atoms with Crippen LogP contribution in [0.3, 0.4) is 0 Å². The first kappa shape index (κ1) is 13.6. The zero-order valence-electron chi connectivity index (χ0n) is 13.4. The van der Waals surface area contributed by atoms with Gasteiger partial charge in [0.15, 0.2) is 5.82 Å². The summed E-state index contributed by atoms with van der Waals surface area (Å²) in [4.78, 5) is 15.1. The van der Waals surface area contributed by atoms with Gasteiger partial charge in [-0.1, -0.05) is 25.5 Å². The van der Waals surface area contributed by atoms with Crippen LogP contribution in [-0.2, 0) is 0 Å². The molecular formula is C18H22N4. The van der Waals surface area contributed by atoms with Crippen molar-refractivity contribution in [2.75, 3.05) is 18.0 Å². The number of rotatable bonds is 1. The van der Waals surface area contributed by atoms with Gasteiger partial charge in [-0.15, -0.1) is 0 Å². The highest BCUT2D eigenvalue weighted by Crippen LogP contribution is 2.32. The maximum atomic E-state index is 4.60. The van der Waals surface area contributed by atoms with Crippen LogP contribution in [0.2, 0.25) is 0 Å². The van der Waals surface area contributed by atoms with E-state index in [1.165, 1.54) is 17.4 Å². The highest BCUT2D eigenvalue weighted by atomic mass is 15.2. The monoisotopic (exact) mass is 294 g/mol. The maximum absolute atomic E-state index is 4.60. The van der Waals surface area contributed by atoms with E-state index in [2.05, 4.69) is 58.8 Å². The molecule has 0 amide bonds. The van der Waals surface area contributed by atoms with Crippen molar-refractivity contribution in [3.05, 3.63) is 30.1 Å². The number of H-pyrrole nitrogens is 1. The number of aromatic nitrogens is 3. The number of aryl methyl sites for hydroxylation is 1. The number of benzene rings is 1. The zero-order chi connectivity index (χ0) is 15.3. The number of piperidine rings is 1. The molecule has 4 rings (SSSR count). The van der Waals surface area contributed by atoms with Crippen molar-refractivity contribution in [1.82, 2.24) is 15.0 Å². The van der Waals surface area contributed by atoms with Crippen LogP contribution in [0.4, 0.5) is 5.82 Å². The van der Waals surface area contributed by atoms with Gasteiger partial charge in [-0.3, -0.25) is 0 Å². The average Bonchev–Trinajstić information content (AvgIpc) is 2.84. The molecule has 1 fully saturated rings. The number of hydrogen-bond acceptors (Lipinski definition) is 3. The first-order valence-electron chi connectivity index (χ1n) is 8.10. The lowest BCUT2D eigenvalue weighted by molar-refractivity contribution is 0.356. The molecular weight excluding hydrogens is 272 g/mol. The van der Waals surface area contributed by atoms with E-state index in [0.29, 0.717) is 11.8 Å². The van der Waals surface area contributed by atoms with Gasteiger partial charge in [0.2, 0.25) is 0 Å². The molecule has 4 nitrogen and oxygen atoms in total. The van der Waals surface area contributed by atoms with Crippen LogP contribution in [0.5, 0.6) is 0 Å². The molecule has 3 heterocycles.